The number of amides is 1. The highest BCUT2D eigenvalue weighted by Crippen LogP contribution is 2.35. The fourth-order valence-electron chi connectivity index (χ4n) is 2.93. The van der Waals surface area contributed by atoms with Gasteiger partial charge in [-0.1, -0.05) is 26.0 Å². The van der Waals surface area contributed by atoms with Gasteiger partial charge in [-0.25, -0.2) is 0 Å². The lowest BCUT2D eigenvalue weighted by Crippen LogP contribution is -2.16. The third kappa shape index (κ3) is 4.67. The number of aromatic nitrogens is 2. The summed E-state index contributed by atoms with van der Waals surface area (Å²) >= 11 is 0. The van der Waals surface area contributed by atoms with Crippen LogP contribution >= 0.6 is 0 Å². The van der Waals surface area contributed by atoms with Gasteiger partial charge in [-0.3, -0.25) is 9.89 Å². The van der Waals surface area contributed by atoms with Crippen molar-refractivity contribution in [1.82, 2.24) is 10.2 Å². The maximum atomic E-state index is 13.0. The largest absolute Gasteiger partial charge is 0.485 e. The number of aryl methyl sites for hydroxylation is 2. The van der Waals surface area contributed by atoms with Crippen LogP contribution in [-0.4, -0.2) is 16.1 Å². The van der Waals surface area contributed by atoms with E-state index < -0.39 is 23.5 Å². The Labute approximate surface area is 171 Å². The molecule has 2 N–H and O–H groups in total. The van der Waals surface area contributed by atoms with Gasteiger partial charge in [0.15, 0.2) is 11.5 Å². The lowest BCUT2D eigenvalue weighted by atomic mass is 10.0. The Bertz CT molecular complexity index is 1050. The first kappa shape index (κ1) is 21.5. The number of carbonyl (C=O) groups excluding carboxylic acids is 1. The van der Waals surface area contributed by atoms with E-state index in [2.05, 4.69) is 29.4 Å². The van der Waals surface area contributed by atoms with Gasteiger partial charge in [0.2, 0.25) is 0 Å². The minimum Gasteiger partial charge on any atom is -0.485 e. The van der Waals surface area contributed by atoms with Crippen molar-refractivity contribution < 1.29 is 27.1 Å². The molecule has 0 unspecified atom stereocenters. The van der Waals surface area contributed by atoms with Crippen molar-refractivity contribution in [1.29, 1.82) is 0 Å². The first-order chi connectivity index (χ1) is 14.1. The van der Waals surface area contributed by atoms with E-state index in [1.54, 1.807) is 6.07 Å². The van der Waals surface area contributed by atoms with Crippen LogP contribution < -0.4 is 10.1 Å². The normalized spacial score (nSPS) is 11.7. The molecule has 0 saturated carbocycles. The average molecular weight is 421 g/mol. The van der Waals surface area contributed by atoms with E-state index in [4.69, 9.17) is 9.15 Å². The molecule has 0 atom stereocenters. The molecule has 0 aliphatic carbocycles. The second-order valence-electron chi connectivity index (χ2n) is 7.27. The summed E-state index contributed by atoms with van der Waals surface area (Å²) in [6, 6.07) is 8.86. The zero-order chi connectivity index (χ0) is 22.1. The molecule has 0 aliphatic heterocycles. The fourth-order valence-corrected chi connectivity index (χ4v) is 2.93. The molecule has 6 nitrogen and oxygen atoms in total. The molecule has 3 rings (SSSR count). The summed E-state index contributed by atoms with van der Waals surface area (Å²) in [5.74, 6) is 0.414. The van der Waals surface area contributed by atoms with Crippen LogP contribution in [0.2, 0.25) is 0 Å². The quantitative estimate of drug-likeness (QED) is 0.544. The van der Waals surface area contributed by atoms with Gasteiger partial charge >= 0.3 is 6.18 Å². The van der Waals surface area contributed by atoms with E-state index in [9.17, 15) is 18.0 Å². The molecule has 2 aromatic heterocycles. The number of anilines is 1. The van der Waals surface area contributed by atoms with Crippen LogP contribution in [-0.2, 0) is 12.8 Å². The van der Waals surface area contributed by atoms with Crippen molar-refractivity contribution in [3.05, 3.63) is 64.4 Å². The maximum absolute atomic E-state index is 13.0. The van der Waals surface area contributed by atoms with Crippen molar-refractivity contribution in [2.24, 2.45) is 0 Å². The van der Waals surface area contributed by atoms with Crippen molar-refractivity contribution in [3.8, 4) is 5.75 Å². The molecule has 0 radical (unpaired) electrons. The monoisotopic (exact) mass is 421 g/mol. The number of alkyl halides is 3. The van der Waals surface area contributed by atoms with Crippen molar-refractivity contribution in [2.75, 3.05) is 5.32 Å². The second kappa shape index (κ2) is 8.25. The van der Waals surface area contributed by atoms with Crippen LogP contribution in [0.3, 0.4) is 0 Å². The van der Waals surface area contributed by atoms with Gasteiger partial charge in [-0.2, -0.15) is 18.3 Å². The van der Waals surface area contributed by atoms with E-state index in [1.807, 2.05) is 25.1 Å². The third-order valence-electron chi connectivity index (χ3n) is 4.50. The Balaban J connectivity index is 1.71. The first-order valence-corrected chi connectivity index (χ1v) is 9.31. The number of nitrogens with one attached hydrogen (secondary N) is 2. The van der Waals surface area contributed by atoms with Crippen molar-refractivity contribution in [3.63, 3.8) is 0 Å². The Morgan fingerprint density at radius 3 is 2.63 bits per heavy atom. The van der Waals surface area contributed by atoms with E-state index in [-0.39, 0.29) is 24.0 Å². The Hall–Kier alpha value is -3.23. The van der Waals surface area contributed by atoms with E-state index in [1.165, 1.54) is 13.0 Å². The van der Waals surface area contributed by atoms with Crippen LogP contribution in [0, 0.1) is 13.8 Å². The maximum Gasteiger partial charge on any atom is 0.437 e. The highest BCUT2D eigenvalue weighted by molar-refractivity contribution is 6.03. The standard InChI is InChI=1S/C21H22F3N3O3/c1-11(2)15-7-5-12(3)9-17(15)29-10-14-6-8-16(30-14)20(28)25-18-13(4)26-27-19(18)21(22,23)24/h5-9,11H,10H2,1-4H3,(H,25,28)(H,26,27). The summed E-state index contributed by atoms with van der Waals surface area (Å²) in [6.07, 6.45) is -4.70. The number of carbonyl (C=O) groups is 1. The predicted molar refractivity (Wildman–Crippen MR) is 105 cm³/mol. The molecular formula is C21H22F3N3O3. The summed E-state index contributed by atoms with van der Waals surface area (Å²) in [5.41, 5.74) is 0.559. The van der Waals surface area contributed by atoms with Crippen LogP contribution in [0.1, 0.15) is 58.6 Å². The lowest BCUT2D eigenvalue weighted by molar-refractivity contribution is -0.140. The lowest BCUT2D eigenvalue weighted by Gasteiger charge is -2.14. The number of aromatic amines is 1. The van der Waals surface area contributed by atoms with E-state index in [0.717, 1.165) is 16.9 Å². The highest BCUT2D eigenvalue weighted by atomic mass is 19.4. The van der Waals surface area contributed by atoms with Gasteiger partial charge in [-0.15, -0.1) is 0 Å². The molecule has 2 heterocycles. The molecule has 1 aromatic carbocycles. The van der Waals surface area contributed by atoms with Crippen LogP contribution in [0.5, 0.6) is 5.75 Å². The number of benzene rings is 1. The predicted octanol–water partition coefficient (Wildman–Crippen LogP) is 5.59. The molecule has 1 amide bonds. The number of ether oxygens (including phenoxy) is 1. The number of rotatable bonds is 6. The number of halogens is 3. The molecule has 160 valence electrons. The zero-order valence-corrected chi connectivity index (χ0v) is 17.0. The molecule has 0 saturated heterocycles. The number of nitrogens with zero attached hydrogens (tertiary/aromatic N) is 1. The van der Waals surface area contributed by atoms with Crippen LogP contribution in [0.4, 0.5) is 18.9 Å². The van der Waals surface area contributed by atoms with Crippen LogP contribution in [0.25, 0.3) is 0 Å². The van der Waals surface area contributed by atoms with Gasteiger partial charge in [0.05, 0.1) is 11.4 Å². The van der Waals surface area contributed by atoms with Crippen LogP contribution in [0.15, 0.2) is 34.7 Å². The van der Waals surface area contributed by atoms with Gasteiger partial charge in [0, 0.05) is 0 Å². The highest BCUT2D eigenvalue weighted by Gasteiger charge is 2.38. The van der Waals surface area contributed by atoms with Gasteiger partial charge in [-0.05, 0) is 49.1 Å². The summed E-state index contributed by atoms with van der Waals surface area (Å²) in [7, 11) is 0. The minimum atomic E-state index is -4.70. The summed E-state index contributed by atoms with van der Waals surface area (Å²) in [5, 5.41) is 7.66. The fraction of sp³-hybridized carbons (Fsp3) is 0.333. The SMILES string of the molecule is Cc1ccc(C(C)C)c(OCc2ccc(C(=O)Nc3c(C(F)(F)F)n[nH]c3C)o2)c1. The number of H-pyrrole nitrogens is 1. The van der Waals surface area contributed by atoms with Gasteiger partial charge in [0.1, 0.15) is 18.1 Å². The molecule has 0 fully saturated rings. The average Bonchev–Trinajstić information content (AvgIpc) is 3.27. The number of hydrogen-bond acceptors (Lipinski definition) is 4. The Morgan fingerprint density at radius 2 is 1.97 bits per heavy atom. The first-order valence-electron chi connectivity index (χ1n) is 9.31. The number of hydrogen-bond donors (Lipinski definition) is 2. The Kier molecular flexibility index (Phi) is 5.91. The Morgan fingerprint density at radius 1 is 1.23 bits per heavy atom. The molecule has 3 aromatic rings. The third-order valence-corrected chi connectivity index (χ3v) is 4.50. The smallest absolute Gasteiger partial charge is 0.437 e. The minimum absolute atomic E-state index is 0.0784. The van der Waals surface area contributed by atoms with E-state index >= 15 is 0 Å². The molecule has 9 heteroatoms. The van der Waals surface area contributed by atoms with Crippen molar-refractivity contribution in [2.45, 2.75) is 46.4 Å². The summed E-state index contributed by atoms with van der Waals surface area (Å²) in [6.45, 7) is 7.53. The molecule has 30 heavy (non-hydrogen) atoms. The zero-order valence-electron chi connectivity index (χ0n) is 17.0. The molecule has 0 spiro atoms. The summed E-state index contributed by atoms with van der Waals surface area (Å²) < 4.78 is 50.4. The molecular weight excluding hydrogens is 399 g/mol. The van der Waals surface area contributed by atoms with Gasteiger partial charge in [0.25, 0.3) is 5.91 Å². The number of furan rings is 1. The second-order valence-corrected chi connectivity index (χ2v) is 7.27. The molecule has 0 aliphatic rings. The molecule has 0 bridgehead atoms. The topological polar surface area (TPSA) is 80.1 Å². The summed E-state index contributed by atoms with van der Waals surface area (Å²) in [4.78, 5) is 12.4. The van der Waals surface area contributed by atoms with Crippen molar-refractivity contribution >= 4 is 11.6 Å². The van der Waals surface area contributed by atoms with Gasteiger partial charge < -0.3 is 14.5 Å². The van der Waals surface area contributed by atoms with E-state index in [0.29, 0.717) is 5.76 Å².